The van der Waals surface area contributed by atoms with Crippen LogP contribution in [-0.2, 0) is 42.2 Å². The fourth-order valence-electron chi connectivity index (χ4n) is 10.5. The lowest BCUT2D eigenvalue weighted by atomic mass is 10.1. The number of carbonyl (C=O) groups excluding carboxylic acids is 3. The molecule has 3 unspecified atom stereocenters. The van der Waals surface area contributed by atoms with E-state index in [9.17, 15) is 28.9 Å². The highest BCUT2D eigenvalue weighted by Gasteiger charge is 2.28. The molecule has 0 aliphatic carbocycles. The lowest BCUT2D eigenvalue weighted by molar-refractivity contribution is -0.161. The zero-order valence-corrected chi connectivity index (χ0v) is 56.0. The SMILES string of the molecule is CCCCCCCC/C=C\CCCCCCCCCCCC(=O)OCC(COP(=O)(O)OCC(CO)OC(=O)CCCCCCCCCCC/C=C\CCCCCCCC)OC(=O)CCCCCCCCCCC/C=C\CCCCCCCC. The monoisotopic (exact) mass is 1210 g/mol. The van der Waals surface area contributed by atoms with E-state index in [4.69, 9.17) is 23.3 Å². The van der Waals surface area contributed by atoms with Gasteiger partial charge in [0.05, 0.1) is 19.8 Å². The molecular formula is C72H135O11P. The molecule has 84 heavy (non-hydrogen) atoms. The van der Waals surface area contributed by atoms with Crippen molar-refractivity contribution >= 4 is 25.7 Å². The number of allylic oxidation sites excluding steroid dienone is 6. The molecule has 0 saturated heterocycles. The highest BCUT2D eigenvalue weighted by Crippen LogP contribution is 2.43. The van der Waals surface area contributed by atoms with Crippen LogP contribution in [0.15, 0.2) is 36.5 Å². The molecular weight excluding hydrogens is 1070 g/mol. The number of phosphoric ester groups is 1. The third kappa shape index (κ3) is 64.2. The van der Waals surface area contributed by atoms with Crippen molar-refractivity contribution in [2.75, 3.05) is 26.4 Å². The minimum absolute atomic E-state index is 0.169. The maximum atomic E-state index is 13.0. The van der Waals surface area contributed by atoms with E-state index in [2.05, 4.69) is 57.2 Å². The molecule has 0 aromatic rings. The van der Waals surface area contributed by atoms with Crippen molar-refractivity contribution in [3.8, 4) is 0 Å². The lowest BCUT2D eigenvalue weighted by Crippen LogP contribution is -2.30. The lowest BCUT2D eigenvalue weighted by Gasteiger charge is -2.21. The average Bonchev–Trinajstić information content (AvgIpc) is 3.55. The van der Waals surface area contributed by atoms with E-state index in [-0.39, 0.29) is 25.9 Å². The summed E-state index contributed by atoms with van der Waals surface area (Å²) >= 11 is 0. The Morgan fingerprint density at radius 1 is 0.321 bits per heavy atom. The van der Waals surface area contributed by atoms with Gasteiger partial charge in [0.25, 0.3) is 0 Å². The molecule has 0 aliphatic heterocycles. The summed E-state index contributed by atoms with van der Waals surface area (Å²) in [6, 6.07) is 0. The molecule has 3 atom stereocenters. The summed E-state index contributed by atoms with van der Waals surface area (Å²) < 4.78 is 39.9. The van der Waals surface area contributed by atoms with Gasteiger partial charge in [-0.3, -0.25) is 23.4 Å². The molecule has 11 nitrogen and oxygen atoms in total. The van der Waals surface area contributed by atoms with Crippen LogP contribution in [0.25, 0.3) is 0 Å². The Labute approximate surface area is 518 Å². The molecule has 0 aliphatic rings. The number of aliphatic hydroxyl groups is 1. The quantitative estimate of drug-likeness (QED) is 0.0197. The van der Waals surface area contributed by atoms with Gasteiger partial charge >= 0.3 is 25.7 Å². The molecule has 494 valence electrons. The van der Waals surface area contributed by atoms with Gasteiger partial charge in [-0.05, 0) is 96.3 Å². The van der Waals surface area contributed by atoms with E-state index in [0.717, 1.165) is 57.8 Å². The number of ether oxygens (including phenoxy) is 3. The van der Waals surface area contributed by atoms with Crippen molar-refractivity contribution < 1.29 is 52.2 Å². The molecule has 12 heteroatoms. The van der Waals surface area contributed by atoms with Gasteiger partial charge < -0.3 is 24.2 Å². The Hall–Kier alpha value is -2.30. The predicted molar refractivity (Wildman–Crippen MR) is 353 cm³/mol. The molecule has 0 amide bonds. The molecule has 0 bridgehead atoms. The Kier molecular flexibility index (Phi) is 64.8. The number of esters is 3. The molecule has 0 fully saturated rings. The van der Waals surface area contributed by atoms with Crippen LogP contribution in [0.3, 0.4) is 0 Å². The fourth-order valence-corrected chi connectivity index (χ4v) is 11.3. The van der Waals surface area contributed by atoms with E-state index in [0.29, 0.717) is 19.3 Å². The third-order valence-electron chi connectivity index (χ3n) is 16.0. The summed E-state index contributed by atoms with van der Waals surface area (Å²) in [7, 11) is -4.76. The number of hydrogen-bond acceptors (Lipinski definition) is 10. The number of phosphoric acid groups is 1. The summed E-state index contributed by atoms with van der Waals surface area (Å²) in [5, 5.41) is 9.89. The first-order valence-electron chi connectivity index (χ1n) is 35.9. The van der Waals surface area contributed by atoms with Crippen LogP contribution < -0.4 is 0 Å². The highest BCUT2D eigenvalue weighted by atomic mass is 31.2. The maximum Gasteiger partial charge on any atom is 0.472 e. The van der Waals surface area contributed by atoms with Gasteiger partial charge in [0.2, 0.25) is 0 Å². The predicted octanol–water partition coefficient (Wildman–Crippen LogP) is 22.3. The maximum absolute atomic E-state index is 13.0. The average molecular weight is 1210 g/mol. The number of aliphatic hydroxyl groups excluding tert-OH is 1. The van der Waals surface area contributed by atoms with Gasteiger partial charge in [0.15, 0.2) is 6.10 Å². The normalized spacial score (nSPS) is 13.3. The second-order valence-electron chi connectivity index (χ2n) is 24.4. The van der Waals surface area contributed by atoms with Gasteiger partial charge in [0, 0.05) is 19.3 Å². The zero-order chi connectivity index (χ0) is 61.2. The number of rotatable bonds is 68. The van der Waals surface area contributed by atoms with Gasteiger partial charge in [-0.25, -0.2) is 4.57 Å². The van der Waals surface area contributed by atoms with Gasteiger partial charge in [0.1, 0.15) is 12.7 Å². The van der Waals surface area contributed by atoms with Crippen LogP contribution in [-0.4, -0.2) is 66.5 Å². The first kappa shape index (κ1) is 81.7. The molecule has 0 heterocycles. The minimum Gasteiger partial charge on any atom is -0.462 e. The van der Waals surface area contributed by atoms with Crippen molar-refractivity contribution in [3.63, 3.8) is 0 Å². The Bertz CT molecular complexity index is 1550. The minimum atomic E-state index is -4.76. The van der Waals surface area contributed by atoms with E-state index in [1.807, 2.05) is 0 Å². The van der Waals surface area contributed by atoms with Crippen molar-refractivity contribution in [1.82, 2.24) is 0 Å². The van der Waals surface area contributed by atoms with E-state index < -0.39 is 57.8 Å². The van der Waals surface area contributed by atoms with Crippen LogP contribution in [0.4, 0.5) is 0 Å². The Balaban J connectivity index is 4.63. The van der Waals surface area contributed by atoms with Crippen LogP contribution >= 0.6 is 7.82 Å². The number of unbranched alkanes of at least 4 members (excludes halogenated alkanes) is 45. The van der Waals surface area contributed by atoms with Gasteiger partial charge in [-0.2, -0.15) is 0 Å². The second-order valence-corrected chi connectivity index (χ2v) is 25.8. The summed E-state index contributed by atoms with van der Waals surface area (Å²) in [4.78, 5) is 48.9. The topological polar surface area (TPSA) is 155 Å². The van der Waals surface area contributed by atoms with Crippen molar-refractivity contribution in [2.45, 2.75) is 380 Å². The van der Waals surface area contributed by atoms with Gasteiger partial charge in [-0.1, -0.05) is 288 Å². The highest BCUT2D eigenvalue weighted by molar-refractivity contribution is 7.47. The van der Waals surface area contributed by atoms with Gasteiger partial charge in [-0.15, -0.1) is 0 Å². The Morgan fingerprint density at radius 3 is 0.821 bits per heavy atom. The summed E-state index contributed by atoms with van der Waals surface area (Å²) in [6.45, 7) is 4.72. The molecule has 2 N–H and O–H groups in total. The van der Waals surface area contributed by atoms with E-state index in [1.165, 1.54) is 250 Å². The van der Waals surface area contributed by atoms with Crippen LogP contribution in [0.1, 0.15) is 367 Å². The van der Waals surface area contributed by atoms with E-state index >= 15 is 0 Å². The largest absolute Gasteiger partial charge is 0.472 e. The Morgan fingerprint density at radius 2 is 0.548 bits per heavy atom. The van der Waals surface area contributed by atoms with Crippen LogP contribution in [0.5, 0.6) is 0 Å². The first-order valence-corrected chi connectivity index (χ1v) is 37.4. The van der Waals surface area contributed by atoms with E-state index in [1.54, 1.807) is 0 Å². The number of hydrogen-bond donors (Lipinski definition) is 2. The summed E-state index contributed by atoms with van der Waals surface area (Å²) in [5.41, 5.74) is 0. The molecule has 0 aromatic heterocycles. The zero-order valence-electron chi connectivity index (χ0n) is 55.1. The number of carbonyl (C=O) groups is 3. The molecule has 0 saturated carbocycles. The molecule has 0 spiro atoms. The fraction of sp³-hybridized carbons (Fsp3) is 0.875. The summed E-state index contributed by atoms with van der Waals surface area (Å²) in [6.07, 6.45) is 73.8. The van der Waals surface area contributed by atoms with Crippen molar-refractivity contribution in [3.05, 3.63) is 36.5 Å². The molecule has 0 rings (SSSR count). The summed E-state index contributed by atoms with van der Waals surface area (Å²) in [5.74, 6) is -1.44. The standard InChI is InChI=1S/C72H135O11P/c1-4-7-10-13-16-19-22-25-28-31-34-37-40-43-46-49-52-55-58-61-70(74)79-65-69(83-72(76)63-60-57-54-51-48-45-42-39-36-33-30-27-24-21-18-15-12-9-6-3)67-81-84(77,78)80-66-68(64-73)82-71(75)62-59-56-53-50-47-44-41-38-35-32-29-26-23-20-17-14-11-8-5-2/h25-30,68-69,73H,4-24,31-67H2,1-3H3,(H,77,78)/b28-25-,29-26-,30-27-. The smallest absolute Gasteiger partial charge is 0.462 e. The van der Waals surface area contributed by atoms with Crippen LogP contribution in [0.2, 0.25) is 0 Å². The first-order chi connectivity index (χ1) is 41.2. The molecule has 0 aromatic carbocycles. The second kappa shape index (κ2) is 66.6. The van der Waals surface area contributed by atoms with Crippen molar-refractivity contribution in [1.29, 1.82) is 0 Å². The third-order valence-corrected chi connectivity index (χ3v) is 17.0. The van der Waals surface area contributed by atoms with Crippen LogP contribution in [0, 0.1) is 0 Å². The molecule has 0 radical (unpaired) electrons. The van der Waals surface area contributed by atoms with Crippen molar-refractivity contribution in [2.24, 2.45) is 0 Å².